The smallest absolute Gasteiger partial charge is 0.148 e. The maximum Gasteiger partial charge on any atom is 0.148 e. The van der Waals surface area contributed by atoms with Crippen LogP contribution in [0.1, 0.15) is 37.7 Å². The fourth-order valence-electron chi connectivity index (χ4n) is 3.72. The Morgan fingerprint density at radius 2 is 1.89 bits per heavy atom. The Bertz CT molecular complexity index is 809. The first-order chi connectivity index (χ1) is 13.6. The number of aromatic nitrogens is 2. The molecule has 0 saturated carbocycles. The van der Waals surface area contributed by atoms with Crippen molar-refractivity contribution in [1.29, 1.82) is 0 Å². The summed E-state index contributed by atoms with van der Waals surface area (Å²) in [5.41, 5.74) is 5.22. The quantitative estimate of drug-likeness (QED) is 0.727. The minimum absolute atomic E-state index is 0.157. The second-order valence-electron chi connectivity index (χ2n) is 7.11. The highest BCUT2D eigenvalue weighted by molar-refractivity contribution is 5.68. The van der Waals surface area contributed by atoms with E-state index in [0.717, 1.165) is 65.7 Å². The predicted octanol–water partition coefficient (Wildman–Crippen LogP) is 3.37. The molecule has 2 heterocycles. The summed E-state index contributed by atoms with van der Waals surface area (Å²) in [5.74, 6) is 1.74. The maximum absolute atomic E-state index is 5.86. The van der Waals surface area contributed by atoms with Crippen molar-refractivity contribution in [2.75, 3.05) is 32.1 Å². The van der Waals surface area contributed by atoms with E-state index in [2.05, 4.69) is 37.5 Å². The van der Waals surface area contributed by atoms with Crippen molar-refractivity contribution in [3.8, 4) is 17.0 Å². The number of methoxy groups -OCH3 is 1. The van der Waals surface area contributed by atoms with Crippen molar-refractivity contribution in [2.24, 2.45) is 0 Å². The summed E-state index contributed by atoms with van der Waals surface area (Å²) in [6.07, 6.45) is 1.80. The van der Waals surface area contributed by atoms with Crippen molar-refractivity contribution in [1.82, 2.24) is 15.3 Å². The molecule has 2 N–H and O–H groups in total. The summed E-state index contributed by atoms with van der Waals surface area (Å²) >= 11 is 0. The van der Waals surface area contributed by atoms with E-state index in [4.69, 9.17) is 19.4 Å². The molecule has 0 radical (unpaired) electrons. The van der Waals surface area contributed by atoms with E-state index >= 15 is 0 Å². The van der Waals surface area contributed by atoms with Crippen LogP contribution in [0.2, 0.25) is 0 Å². The lowest BCUT2D eigenvalue weighted by Gasteiger charge is -2.23. The van der Waals surface area contributed by atoms with Crippen LogP contribution < -0.4 is 15.4 Å². The van der Waals surface area contributed by atoms with Gasteiger partial charge in [-0.15, -0.1) is 0 Å². The van der Waals surface area contributed by atoms with Gasteiger partial charge in [0.25, 0.3) is 0 Å². The highest BCUT2D eigenvalue weighted by Crippen LogP contribution is 2.30. The Kier molecular flexibility index (Phi) is 6.86. The molecule has 0 aliphatic carbocycles. The Balaban J connectivity index is 1.96. The number of nitrogens with zero attached hydrogens (tertiary/aromatic N) is 2. The summed E-state index contributed by atoms with van der Waals surface area (Å²) in [5, 5.41) is 7.00. The number of hydrogen-bond acceptors (Lipinski definition) is 6. The van der Waals surface area contributed by atoms with Crippen LogP contribution in [-0.4, -0.2) is 48.9 Å². The molecule has 1 aliphatic heterocycles. The Morgan fingerprint density at radius 1 is 1.11 bits per heavy atom. The van der Waals surface area contributed by atoms with Gasteiger partial charge in [0, 0.05) is 25.3 Å². The van der Waals surface area contributed by atoms with Gasteiger partial charge in [0.1, 0.15) is 11.6 Å². The second kappa shape index (κ2) is 9.34. The van der Waals surface area contributed by atoms with Crippen molar-refractivity contribution in [3.63, 3.8) is 0 Å². The Hall–Kier alpha value is -2.18. The van der Waals surface area contributed by atoms with E-state index in [-0.39, 0.29) is 12.1 Å². The number of nitrogens with one attached hydrogen (secondary N) is 2. The molecule has 1 fully saturated rings. The van der Waals surface area contributed by atoms with E-state index in [1.54, 1.807) is 7.11 Å². The van der Waals surface area contributed by atoms with Crippen LogP contribution in [0.5, 0.6) is 5.75 Å². The number of aryl methyl sites for hydroxylation is 3. The zero-order valence-electron chi connectivity index (χ0n) is 17.6. The maximum atomic E-state index is 5.86. The third-order valence-corrected chi connectivity index (χ3v) is 5.26. The summed E-state index contributed by atoms with van der Waals surface area (Å²) < 4.78 is 11.2. The molecule has 28 heavy (non-hydrogen) atoms. The third kappa shape index (κ3) is 4.28. The zero-order valence-corrected chi connectivity index (χ0v) is 17.6. The van der Waals surface area contributed by atoms with Crippen molar-refractivity contribution in [2.45, 2.75) is 52.7 Å². The van der Waals surface area contributed by atoms with Gasteiger partial charge in [-0.3, -0.25) is 0 Å². The summed E-state index contributed by atoms with van der Waals surface area (Å²) in [7, 11) is 1.69. The topological polar surface area (TPSA) is 68.3 Å². The average Bonchev–Trinajstić information content (AvgIpc) is 3.14. The van der Waals surface area contributed by atoms with E-state index in [1.165, 1.54) is 0 Å². The molecule has 0 unspecified atom stereocenters. The average molecular weight is 385 g/mol. The molecule has 0 bridgehead atoms. The van der Waals surface area contributed by atoms with Gasteiger partial charge in [0.2, 0.25) is 0 Å². The van der Waals surface area contributed by atoms with Crippen molar-refractivity contribution < 1.29 is 9.47 Å². The molecular weight excluding hydrogens is 352 g/mol. The lowest BCUT2D eigenvalue weighted by molar-refractivity contribution is 0.0709. The van der Waals surface area contributed by atoms with Crippen molar-refractivity contribution >= 4 is 5.82 Å². The Labute approximate surface area is 168 Å². The predicted molar refractivity (Wildman–Crippen MR) is 113 cm³/mol. The molecule has 6 nitrogen and oxygen atoms in total. The van der Waals surface area contributed by atoms with Gasteiger partial charge >= 0.3 is 0 Å². The van der Waals surface area contributed by atoms with Crippen LogP contribution in [0.15, 0.2) is 18.2 Å². The molecule has 1 aliphatic rings. The molecular formula is C22H32N4O2. The fraction of sp³-hybridized carbons (Fsp3) is 0.545. The standard InChI is InChI=1S/C22H32N4O2/c1-6-17-21(16-10-9-15(27-5)11-14(16)4)24-18(7-2)22(25-17)26-19-12-23-13-20(19)28-8-3/h9-11,19-20,23H,6-8,12-13H2,1-5H3,(H,25,26)/t19-,20-/m1/s1. The number of ether oxygens (including phenoxy) is 2. The molecule has 2 atom stereocenters. The van der Waals surface area contributed by atoms with E-state index in [1.807, 2.05) is 19.1 Å². The van der Waals surface area contributed by atoms with Gasteiger partial charge in [-0.05, 0) is 50.5 Å². The molecule has 1 aromatic carbocycles. The van der Waals surface area contributed by atoms with Crippen LogP contribution in [0, 0.1) is 6.92 Å². The van der Waals surface area contributed by atoms with Crippen LogP contribution in [0.3, 0.4) is 0 Å². The van der Waals surface area contributed by atoms with Gasteiger partial charge in [0.15, 0.2) is 0 Å². The molecule has 1 saturated heterocycles. The first-order valence-corrected chi connectivity index (χ1v) is 10.2. The number of anilines is 1. The molecule has 3 rings (SSSR count). The van der Waals surface area contributed by atoms with Gasteiger partial charge in [-0.25, -0.2) is 9.97 Å². The van der Waals surface area contributed by atoms with E-state index in [0.29, 0.717) is 6.61 Å². The summed E-state index contributed by atoms with van der Waals surface area (Å²) in [6, 6.07) is 6.32. The monoisotopic (exact) mass is 384 g/mol. The molecule has 2 aromatic rings. The molecule has 152 valence electrons. The van der Waals surface area contributed by atoms with Gasteiger partial charge in [0.05, 0.1) is 36.3 Å². The van der Waals surface area contributed by atoms with Crippen LogP contribution in [0.25, 0.3) is 11.3 Å². The molecule has 6 heteroatoms. The highest BCUT2D eigenvalue weighted by Gasteiger charge is 2.28. The first kappa shape index (κ1) is 20.6. The number of benzene rings is 1. The number of hydrogen-bond donors (Lipinski definition) is 2. The SMILES string of the molecule is CCO[C@@H]1CNC[C@H]1Nc1nc(CC)c(-c2ccc(OC)cc2C)nc1CC. The van der Waals surface area contributed by atoms with Gasteiger partial charge in [-0.2, -0.15) is 0 Å². The first-order valence-electron chi connectivity index (χ1n) is 10.2. The van der Waals surface area contributed by atoms with Crippen molar-refractivity contribution in [3.05, 3.63) is 35.2 Å². The van der Waals surface area contributed by atoms with Crippen LogP contribution in [0.4, 0.5) is 5.82 Å². The lowest BCUT2D eigenvalue weighted by atomic mass is 10.0. The zero-order chi connectivity index (χ0) is 20.1. The molecule has 0 spiro atoms. The normalized spacial score (nSPS) is 19.0. The largest absolute Gasteiger partial charge is 0.497 e. The summed E-state index contributed by atoms with van der Waals surface area (Å²) in [6.45, 7) is 10.8. The Morgan fingerprint density at radius 3 is 2.54 bits per heavy atom. The minimum atomic E-state index is 0.157. The lowest BCUT2D eigenvalue weighted by Crippen LogP contribution is -2.35. The summed E-state index contributed by atoms with van der Waals surface area (Å²) in [4.78, 5) is 10.0. The van der Waals surface area contributed by atoms with Crippen LogP contribution >= 0.6 is 0 Å². The highest BCUT2D eigenvalue weighted by atomic mass is 16.5. The second-order valence-corrected chi connectivity index (χ2v) is 7.11. The molecule has 1 aromatic heterocycles. The van der Waals surface area contributed by atoms with Gasteiger partial charge < -0.3 is 20.1 Å². The fourth-order valence-corrected chi connectivity index (χ4v) is 3.72. The van der Waals surface area contributed by atoms with Gasteiger partial charge in [-0.1, -0.05) is 13.8 Å². The van der Waals surface area contributed by atoms with E-state index < -0.39 is 0 Å². The molecule has 0 amide bonds. The van der Waals surface area contributed by atoms with Crippen LogP contribution in [-0.2, 0) is 17.6 Å². The minimum Gasteiger partial charge on any atom is -0.497 e. The third-order valence-electron chi connectivity index (χ3n) is 5.26. The van der Waals surface area contributed by atoms with E-state index in [9.17, 15) is 0 Å². The number of rotatable bonds is 8.